The van der Waals surface area contributed by atoms with E-state index in [4.69, 9.17) is 14.2 Å². The molecule has 1 aliphatic heterocycles. The van der Waals surface area contributed by atoms with Gasteiger partial charge < -0.3 is 18.8 Å². The maximum atomic E-state index is 15.7. The van der Waals surface area contributed by atoms with Crippen LogP contribution in [0.2, 0.25) is 25.7 Å². The molecule has 1 atom stereocenters. The molecule has 0 radical (unpaired) electrons. The zero-order valence-corrected chi connectivity index (χ0v) is 24.4. The molecule has 1 saturated heterocycles. The lowest BCUT2D eigenvalue weighted by Gasteiger charge is -2.50. The number of esters is 1. The van der Waals surface area contributed by atoms with Crippen LogP contribution in [0.4, 0.5) is 4.39 Å². The van der Waals surface area contributed by atoms with Crippen molar-refractivity contribution >= 4 is 25.4 Å². The fourth-order valence-electron chi connectivity index (χ4n) is 3.63. The molecular formula is C26H42FNO5SSi. The van der Waals surface area contributed by atoms with E-state index in [0.29, 0.717) is 17.7 Å². The summed E-state index contributed by atoms with van der Waals surface area (Å²) in [6.07, 6.45) is 1.49. The third-order valence-corrected chi connectivity index (χ3v) is 9.73. The van der Waals surface area contributed by atoms with Gasteiger partial charge in [-0.2, -0.15) is 0 Å². The minimum Gasteiger partial charge on any atom is -0.597 e. The van der Waals surface area contributed by atoms with Crippen LogP contribution < -0.4 is 0 Å². The molecule has 1 heterocycles. The van der Waals surface area contributed by atoms with Gasteiger partial charge in [-0.05, 0) is 52.3 Å². The SMILES string of the molecule is C=CCOC(=O)C(C)(C)c1ccc(C2(N(COCC[Si](C)(C)C)[S+]([O-])C(C)(C)C)COC2)c(F)c1. The Bertz CT molecular complexity index is 893. The first-order chi connectivity index (χ1) is 16.1. The first kappa shape index (κ1) is 30.0. The zero-order chi connectivity index (χ0) is 26.7. The third kappa shape index (κ3) is 7.17. The third-order valence-electron chi connectivity index (χ3n) is 6.12. The van der Waals surface area contributed by atoms with Gasteiger partial charge in [0.15, 0.2) is 0 Å². The lowest BCUT2D eigenvalue weighted by molar-refractivity contribution is -0.148. The predicted octanol–water partition coefficient (Wildman–Crippen LogP) is 5.13. The second-order valence-corrected chi connectivity index (χ2v) is 19.6. The van der Waals surface area contributed by atoms with Crippen LogP contribution in [0.3, 0.4) is 0 Å². The standard InChI is InChI=1S/C26H42FNO5SSi/c1-10-13-33-23(29)25(5,6)20-11-12-21(22(27)16-20)26(17-32-18-26)28(34(30)24(2,3)4)19-31-14-15-35(7,8)9/h10-12,16H,1,13-15,17-19H2,2-9H3. The number of halogens is 1. The lowest BCUT2D eigenvalue weighted by Crippen LogP contribution is -2.64. The molecule has 1 aromatic carbocycles. The monoisotopic (exact) mass is 527 g/mol. The summed E-state index contributed by atoms with van der Waals surface area (Å²) >= 11 is -1.47. The van der Waals surface area contributed by atoms with Crippen molar-refractivity contribution in [3.8, 4) is 0 Å². The Kier molecular flexibility index (Phi) is 9.80. The van der Waals surface area contributed by atoms with Crippen LogP contribution in [0.25, 0.3) is 0 Å². The molecule has 0 saturated carbocycles. The van der Waals surface area contributed by atoms with Crippen molar-refractivity contribution < 1.29 is 27.9 Å². The van der Waals surface area contributed by atoms with Crippen LogP contribution in [-0.2, 0) is 41.3 Å². The highest BCUT2D eigenvalue weighted by atomic mass is 32.2. The molecule has 1 aromatic rings. The highest BCUT2D eigenvalue weighted by Gasteiger charge is 2.55. The van der Waals surface area contributed by atoms with Gasteiger partial charge in [-0.3, -0.25) is 4.79 Å². The number of ether oxygens (including phenoxy) is 3. The molecule has 1 aliphatic rings. The van der Waals surface area contributed by atoms with Crippen LogP contribution in [0.1, 0.15) is 45.7 Å². The molecule has 35 heavy (non-hydrogen) atoms. The van der Waals surface area contributed by atoms with Gasteiger partial charge in [-0.25, -0.2) is 4.39 Å². The number of hydrogen-bond acceptors (Lipinski definition) is 6. The molecule has 198 valence electrons. The van der Waals surface area contributed by atoms with Crippen molar-refractivity contribution in [2.24, 2.45) is 0 Å². The number of benzene rings is 1. The van der Waals surface area contributed by atoms with E-state index in [-0.39, 0.29) is 26.6 Å². The molecular weight excluding hydrogens is 485 g/mol. The van der Waals surface area contributed by atoms with Crippen LogP contribution in [-0.4, -0.2) is 60.8 Å². The van der Waals surface area contributed by atoms with Crippen molar-refractivity contribution in [1.29, 1.82) is 0 Å². The Hall–Kier alpha value is -1.23. The Morgan fingerprint density at radius 2 is 1.91 bits per heavy atom. The van der Waals surface area contributed by atoms with E-state index in [1.165, 1.54) is 12.1 Å². The van der Waals surface area contributed by atoms with E-state index >= 15 is 4.39 Å². The highest BCUT2D eigenvalue weighted by Crippen LogP contribution is 2.42. The fourth-order valence-corrected chi connectivity index (χ4v) is 5.74. The number of carbonyl (C=O) groups excluding carboxylic acids is 1. The van der Waals surface area contributed by atoms with Gasteiger partial charge >= 0.3 is 5.97 Å². The smallest absolute Gasteiger partial charge is 0.316 e. The molecule has 1 fully saturated rings. The molecule has 0 aliphatic carbocycles. The second kappa shape index (κ2) is 11.4. The fraction of sp³-hybridized carbons (Fsp3) is 0.654. The summed E-state index contributed by atoms with van der Waals surface area (Å²) in [6, 6.07) is 5.75. The molecule has 0 N–H and O–H groups in total. The van der Waals surface area contributed by atoms with E-state index in [2.05, 4.69) is 26.2 Å². The molecule has 6 nitrogen and oxygen atoms in total. The highest BCUT2D eigenvalue weighted by molar-refractivity contribution is 7.90. The van der Waals surface area contributed by atoms with E-state index in [1.807, 2.05) is 20.8 Å². The van der Waals surface area contributed by atoms with Gasteiger partial charge in [0.1, 0.15) is 29.4 Å². The summed E-state index contributed by atoms with van der Waals surface area (Å²) in [6.45, 7) is 20.6. The van der Waals surface area contributed by atoms with Crippen LogP contribution >= 0.6 is 0 Å². The van der Waals surface area contributed by atoms with Gasteiger partial charge in [0, 0.05) is 31.6 Å². The summed E-state index contributed by atoms with van der Waals surface area (Å²) < 4.78 is 47.2. The molecule has 0 spiro atoms. The average molecular weight is 528 g/mol. The largest absolute Gasteiger partial charge is 0.597 e. The Morgan fingerprint density at radius 3 is 2.37 bits per heavy atom. The normalized spacial score (nSPS) is 17.1. The molecule has 0 amide bonds. The summed E-state index contributed by atoms with van der Waals surface area (Å²) in [5.74, 6) is -0.939. The first-order valence-electron chi connectivity index (χ1n) is 12.0. The Balaban J connectivity index is 2.39. The average Bonchev–Trinajstić information content (AvgIpc) is 2.71. The number of rotatable bonds is 12. The topological polar surface area (TPSA) is 71.1 Å². The summed E-state index contributed by atoms with van der Waals surface area (Å²) in [5, 5.41) is 0. The maximum Gasteiger partial charge on any atom is 0.316 e. The van der Waals surface area contributed by atoms with E-state index < -0.39 is 46.9 Å². The Labute approximate surface area is 214 Å². The van der Waals surface area contributed by atoms with Crippen LogP contribution in [0.15, 0.2) is 30.9 Å². The van der Waals surface area contributed by atoms with Crippen molar-refractivity contribution in [2.75, 3.05) is 33.2 Å². The van der Waals surface area contributed by atoms with Gasteiger partial charge in [-0.1, -0.05) is 48.7 Å². The van der Waals surface area contributed by atoms with Gasteiger partial charge in [0.05, 0.1) is 18.6 Å². The van der Waals surface area contributed by atoms with Gasteiger partial charge in [-0.15, -0.1) is 0 Å². The molecule has 0 bridgehead atoms. The van der Waals surface area contributed by atoms with Crippen LogP contribution in [0, 0.1) is 5.82 Å². The number of nitrogens with zero attached hydrogens (tertiary/aromatic N) is 1. The van der Waals surface area contributed by atoms with Crippen molar-refractivity contribution in [2.45, 2.75) is 76.0 Å². The number of hydrogen-bond donors (Lipinski definition) is 0. The quantitative estimate of drug-likeness (QED) is 0.0937. The van der Waals surface area contributed by atoms with E-state index in [1.54, 1.807) is 30.3 Å². The molecule has 1 unspecified atom stereocenters. The van der Waals surface area contributed by atoms with E-state index in [0.717, 1.165) is 6.04 Å². The summed E-state index contributed by atoms with van der Waals surface area (Å²) in [5.41, 5.74) is -1.08. The van der Waals surface area contributed by atoms with E-state index in [9.17, 15) is 9.35 Å². The first-order valence-corrected chi connectivity index (χ1v) is 16.8. The lowest BCUT2D eigenvalue weighted by atomic mass is 9.81. The molecule has 0 aromatic heterocycles. The van der Waals surface area contributed by atoms with Crippen molar-refractivity contribution in [3.63, 3.8) is 0 Å². The predicted molar refractivity (Wildman–Crippen MR) is 142 cm³/mol. The van der Waals surface area contributed by atoms with Gasteiger partial charge in [0.2, 0.25) is 0 Å². The summed E-state index contributed by atoms with van der Waals surface area (Å²) in [7, 11) is -1.30. The molecule has 2 rings (SSSR count). The van der Waals surface area contributed by atoms with Crippen molar-refractivity contribution in [1.82, 2.24) is 4.31 Å². The van der Waals surface area contributed by atoms with Gasteiger partial charge in [0.25, 0.3) is 0 Å². The minimum atomic E-state index is -1.47. The maximum absolute atomic E-state index is 15.7. The Morgan fingerprint density at radius 1 is 1.29 bits per heavy atom. The summed E-state index contributed by atoms with van der Waals surface area (Å²) in [4.78, 5) is 12.5. The van der Waals surface area contributed by atoms with Crippen molar-refractivity contribution in [3.05, 3.63) is 47.8 Å². The minimum absolute atomic E-state index is 0.0918. The molecule has 9 heteroatoms. The zero-order valence-electron chi connectivity index (χ0n) is 22.5. The van der Waals surface area contributed by atoms with Crippen LogP contribution in [0.5, 0.6) is 0 Å². The second-order valence-electron chi connectivity index (χ2n) is 11.8. The number of carbonyl (C=O) groups is 1.